The van der Waals surface area contributed by atoms with E-state index >= 15 is 0 Å². The maximum absolute atomic E-state index is 13.7. The highest BCUT2D eigenvalue weighted by Gasteiger charge is 2.21. The van der Waals surface area contributed by atoms with Crippen LogP contribution in [0.3, 0.4) is 0 Å². The first-order valence-corrected chi connectivity index (χ1v) is 8.73. The van der Waals surface area contributed by atoms with Gasteiger partial charge in [0.05, 0.1) is 11.9 Å². The molecule has 0 saturated carbocycles. The van der Waals surface area contributed by atoms with Crippen molar-refractivity contribution >= 4 is 27.5 Å². The van der Waals surface area contributed by atoms with Crippen LogP contribution in [-0.2, 0) is 6.54 Å². The van der Waals surface area contributed by atoms with Gasteiger partial charge in [-0.25, -0.2) is 9.37 Å². The number of aryl methyl sites for hydroxylation is 1. The van der Waals surface area contributed by atoms with Gasteiger partial charge in [0, 0.05) is 23.0 Å². The van der Waals surface area contributed by atoms with Crippen molar-refractivity contribution in [3.63, 3.8) is 0 Å². The number of carbonyl (C=O) groups excluding carboxylic acids is 1. The van der Waals surface area contributed by atoms with Gasteiger partial charge >= 0.3 is 0 Å². The number of fused-ring (bicyclic) bond motifs is 1. The molecular weight excluding hydrogens is 341 g/mol. The number of carbonyl (C=O) groups is 1. The molecule has 3 rings (SSSR count). The molecule has 0 bridgehead atoms. The Kier molecular flexibility index (Phi) is 4.67. The minimum Gasteiger partial charge on any atom is -0.348 e. The topological polar surface area (TPSA) is 64.0 Å². The molecule has 7 heteroatoms. The summed E-state index contributed by atoms with van der Waals surface area (Å²) < 4.78 is 15.7. The number of hydrogen-bond acceptors (Lipinski definition) is 4. The minimum absolute atomic E-state index is 0.00913. The van der Waals surface area contributed by atoms with Crippen LogP contribution in [0.15, 0.2) is 35.4 Å². The van der Waals surface area contributed by atoms with E-state index in [0.29, 0.717) is 26.2 Å². The number of nitrogens with zero attached hydrogens (tertiary/aromatic N) is 2. The molecule has 3 aromatic rings. The van der Waals surface area contributed by atoms with Gasteiger partial charge in [-0.1, -0.05) is 18.2 Å². The third-order valence-corrected chi connectivity index (χ3v) is 5.06. The Morgan fingerprint density at radius 2 is 2.08 bits per heavy atom. The summed E-state index contributed by atoms with van der Waals surface area (Å²) in [5.41, 5.74) is 1.03. The fraction of sp³-hybridized carbons (Fsp3) is 0.278. The van der Waals surface area contributed by atoms with Gasteiger partial charge in [0.25, 0.3) is 11.5 Å². The molecule has 0 fully saturated rings. The summed E-state index contributed by atoms with van der Waals surface area (Å²) in [6.45, 7) is 5.66. The van der Waals surface area contributed by atoms with E-state index in [0.717, 1.165) is 0 Å². The maximum atomic E-state index is 13.7. The van der Waals surface area contributed by atoms with Crippen LogP contribution in [0.5, 0.6) is 0 Å². The largest absolute Gasteiger partial charge is 0.348 e. The van der Waals surface area contributed by atoms with Crippen LogP contribution in [0.25, 0.3) is 10.2 Å². The van der Waals surface area contributed by atoms with Crippen molar-refractivity contribution in [2.75, 3.05) is 0 Å². The molecule has 0 spiro atoms. The van der Waals surface area contributed by atoms with Gasteiger partial charge in [-0.2, -0.15) is 0 Å². The van der Waals surface area contributed by atoms with Crippen molar-refractivity contribution in [2.45, 2.75) is 33.4 Å². The minimum atomic E-state index is -0.368. The number of rotatable bonds is 4. The van der Waals surface area contributed by atoms with E-state index < -0.39 is 0 Å². The first-order chi connectivity index (χ1) is 11.9. The molecule has 1 aromatic carbocycles. The fourth-order valence-corrected chi connectivity index (χ4v) is 3.67. The van der Waals surface area contributed by atoms with Crippen molar-refractivity contribution in [2.24, 2.45) is 0 Å². The van der Waals surface area contributed by atoms with E-state index in [-0.39, 0.29) is 29.9 Å². The van der Waals surface area contributed by atoms with Crippen LogP contribution < -0.4 is 10.9 Å². The Balaban J connectivity index is 1.94. The quantitative estimate of drug-likeness (QED) is 0.776. The third-order valence-electron chi connectivity index (χ3n) is 3.98. The number of halogens is 1. The Morgan fingerprint density at radius 1 is 1.36 bits per heavy atom. The standard InChI is InChI=1S/C18H18FN3O2S/c1-10(2)22-9-21-15-14(11(3)25-16(15)18(22)24)17(23)20-8-12-6-4-5-7-13(12)19/h4-7,9-10H,8H2,1-3H3,(H,20,23). The van der Waals surface area contributed by atoms with Crippen molar-refractivity contribution in [1.29, 1.82) is 0 Å². The molecule has 2 heterocycles. The molecule has 0 aliphatic rings. The summed E-state index contributed by atoms with van der Waals surface area (Å²) >= 11 is 1.26. The van der Waals surface area contributed by atoms with Crippen LogP contribution in [0, 0.1) is 12.7 Å². The van der Waals surface area contributed by atoms with Gasteiger partial charge < -0.3 is 5.32 Å². The van der Waals surface area contributed by atoms with Gasteiger partial charge in [-0.05, 0) is 26.8 Å². The monoisotopic (exact) mass is 359 g/mol. The highest BCUT2D eigenvalue weighted by molar-refractivity contribution is 7.19. The molecule has 25 heavy (non-hydrogen) atoms. The van der Waals surface area contributed by atoms with Crippen molar-refractivity contribution in [1.82, 2.24) is 14.9 Å². The number of thiophene rings is 1. The van der Waals surface area contributed by atoms with Crippen molar-refractivity contribution in [3.05, 3.63) is 62.8 Å². The molecule has 0 saturated heterocycles. The van der Waals surface area contributed by atoms with E-state index in [9.17, 15) is 14.0 Å². The molecule has 0 aliphatic carbocycles. The fourth-order valence-electron chi connectivity index (χ4n) is 2.63. The molecule has 1 N–H and O–H groups in total. The zero-order chi connectivity index (χ0) is 18.1. The van der Waals surface area contributed by atoms with Crippen LogP contribution in [-0.4, -0.2) is 15.5 Å². The van der Waals surface area contributed by atoms with Gasteiger partial charge in [-0.15, -0.1) is 11.3 Å². The highest BCUT2D eigenvalue weighted by atomic mass is 32.1. The summed E-state index contributed by atoms with van der Waals surface area (Å²) in [5, 5.41) is 2.71. The van der Waals surface area contributed by atoms with Crippen molar-refractivity contribution < 1.29 is 9.18 Å². The lowest BCUT2D eigenvalue weighted by molar-refractivity contribution is 0.0952. The average Bonchev–Trinajstić information content (AvgIpc) is 2.91. The summed E-state index contributed by atoms with van der Waals surface area (Å²) in [5.74, 6) is -0.728. The third kappa shape index (κ3) is 3.19. The summed E-state index contributed by atoms with van der Waals surface area (Å²) in [4.78, 5) is 30.1. The van der Waals surface area contributed by atoms with E-state index in [1.165, 1.54) is 23.7 Å². The Hall–Kier alpha value is -2.54. The second-order valence-corrected chi connectivity index (χ2v) is 7.26. The lowest BCUT2D eigenvalue weighted by Crippen LogP contribution is -2.25. The predicted octanol–water partition coefficient (Wildman–Crippen LogP) is 3.42. The van der Waals surface area contributed by atoms with Crippen LogP contribution in [0.4, 0.5) is 4.39 Å². The van der Waals surface area contributed by atoms with Crippen LogP contribution in [0.2, 0.25) is 0 Å². The number of amides is 1. The number of hydrogen-bond donors (Lipinski definition) is 1. The molecule has 2 aromatic heterocycles. The van der Waals surface area contributed by atoms with Gasteiger partial charge in [0.2, 0.25) is 0 Å². The lowest BCUT2D eigenvalue weighted by atomic mass is 10.2. The van der Waals surface area contributed by atoms with Crippen LogP contribution in [0.1, 0.15) is 40.7 Å². The van der Waals surface area contributed by atoms with Gasteiger partial charge in [-0.3, -0.25) is 14.2 Å². The zero-order valence-corrected chi connectivity index (χ0v) is 15.0. The molecule has 0 aliphatic heterocycles. The molecule has 0 atom stereocenters. The van der Waals surface area contributed by atoms with Gasteiger partial charge in [0.1, 0.15) is 16.0 Å². The second-order valence-electron chi connectivity index (χ2n) is 6.04. The predicted molar refractivity (Wildman–Crippen MR) is 96.6 cm³/mol. The Morgan fingerprint density at radius 3 is 2.76 bits per heavy atom. The molecular formula is C18H18FN3O2S. The number of aromatic nitrogens is 2. The summed E-state index contributed by atoms with van der Waals surface area (Å²) in [7, 11) is 0. The second kappa shape index (κ2) is 6.76. The first kappa shape index (κ1) is 17.3. The van der Waals surface area contributed by atoms with E-state index in [1.807, 2.05) is 13.8 Å². The smallest absolute Gasteiger partial charge is 0.271 e. The highest BCUT2D eigenvalue weighted by Crippen LogP contribution is 2.27. The maximum Gasteiger partial charge on any atom is 0.271 e. The van der Waals surface area contributed by atoms with E-state index in [4.69, 9.17) is 0 Å². The van der Waals surface area contributed by atoms with E-state index in [2.05, 4.69) is 10.3 Å². The van der Waals surface area contributed by atoms with E-state index in [1.54, 1.807) is 29.7 Å². The molecule has 5 nitrogen and oxygen atoms in total. The summed E-state index contributed by atoms with van der Waals surface area (Å²) in [6, 6.07) is 6.27. The summed E-state index contributed by atoms with van der Waals surface area (Å²) in [6.07, 6.45) is 1.47. The Bertz CT molecular complexity index is 1010. The van der Waals surface area contributed by atoms with Gasteiger partial charge in [0.15, 0.2) is 0 Å². The van der Waals surface area contributed by atoms with Crippen molar-refractivity contribution in [3.8, 4) is 0 Å². The average molecular weight is 359 g/mol. The SMILES string of the molecule is Cc1sc2c(=O)n(C(C)C)cnc2c1C(=O)NCc1ccccc1F. The zero-order valence-electron chi connectivity index (χ0n) is 14.2. The Labute approximate surface area is 148 Å². The molecule has 130 valence electrons. The molecule has 0 unspecified atom stereocenters. The normalized spacial score (nSPS) is 11.2. The molecule has 0 radical (unpaired) electrons. The number of benzene rings is 1. The lowest BCUT2D eigenvalue weighted by Gasteiger charge is -2.09. The first-order valence-electron chi connectivity index (χ1n) is 7.92. The van der Waals surface area contributed by atoms with Crippen LogP contribution >= 0.6 is 11.3 Å². The molecule has 1 amide bonds. The number of nitrogens with one attached hydrogen (secondary N) is 1.